The van der Waals surface area contributed by atoms with Gasteiger partial charge >= 0.3 is 5.97 Å². The summed E-state index contributed by atoms with van der Waals surface area (Å²) in [6.45, 7) is 1.23. The van der Waals surface area contributed by atoms with E-state index in [0.29, 0.717) is 25.1 Å². The van der Waals surface area contributed by atoms with E-state index in [1.54, 1.807) is 22.6 Å². The van der Waals surface area contributed by atoms with Crippen LogP contribution in [0.2, 0.25) is 0 Å². The summed E-state index contributed by atoms with van der Waals surface area (Å²) in [7, 11) is 0. The predicted molar refractivity (Wildman–Crippen MR) is 115 cm³/mol. The van der Waals surface area contributed by atoms with Crippen LogP contribution in [-0.2, 0) is 16.1 Å². The fourth-order valence-corrected chi connectivity index (χ4v) is 4.77. The number of carbonyl (C=O) groups is 2. The van der Waals surface area contributed by atoms with Crippen LogP contribution in [0.5, 0.6) is 0 Å². The maximum Gasteiger partial charge on any atom is 0.336 e. The van der Waals surface area contributed by atoms with E-state index in [0.717, 1.165) is 34.7 Å². The van der Waals surface area contributed by atoms with E-state index in [9.17, 15) is 9.59 Å². The molecule has 1 aromatic carbocycles. The molecule has 4 heterocycles. The second-order valence-corrected chi connectivity index (χ2v) is 8.48. The lowest BCUT2D eigenvalue weighted by Gasteiger charge is -2.40. The maximum atomic E-state index is 12.9. The van der Waals surface area contributed by atoms with Crippen molar-refractivity contribution in [3.05, 3.63) is 71.2 Å². The Kier molecular flexibility index (Phi) is 4.96. The van der Waals surface area contributed by atoms with E-state index in [-0.39, 0.29) is 17.9 Å². The third-order valence-corrected chi connectivity index (χ3v) is 6.52. The summed E-state index contributed by atoms with van der Waals surface area (Å²) in [5.74, 6) is -0.237. The molecule has 0 spiro atoms. The fraction of sp³-hybridized carbons (Fsp3) is 0.261. The van der Waals surface area contributed by atoms with E-state index in [1.807, 2.05) is 58.8 Å². The number of amides is 1. The lowest BCUT2D eigenvalue weighted by Crippen LogP contribution is -2.49. The Bertz CT molecular complexity index is 1060. The van der Waals surface area contributed by atoms with Gasteiger partial charge in [-0.25, -0.2) is 9.86 Å². The first-order chi connectivity index (χ1) is 14.7. The van der Waals surface area contributed by atoms with Crippen molar-refractivity contribution < 1.29 is 14.4 Å². The molecule has 1 saturated heterocycles. The Morgan fingerprint density at radius 2 is 1.90 bits per heavy atom. The second kappa shape index (κ2) is 7.91. The quantitative estimate of drug-likeness (QED) is 0.644. The first-order valence-corrected chi connectivity index (χ1v) is 10.9. The molecule has 0 atom stereocenters. The summed E-state index contributed by atoms with van der Waals surface area (Å²) in [6.07, 6.45) is 3.45. The number of hydrogen-bond acceptors (Lipinski definition) is 6. The Labute approximate surface area is 178 Å². The van der Waals surface area contributed by atoms with Gasteiger partial charge in [0, 0.05) is 19.3 Å². The number of pyridine rings is 1. The van der Waals surface area contributed by atoms with Crippen molar-refractivity contribution in [3.8, 4) is 10.6 Å². The van der Waals surface area contributed by atoms with Gasteiger partial charge in [0.2, 0.25) is 0 Å². The zero-order chi connectivity index (χ0) is 20.5. The number of para-hydroxylation sites is 1. The average Bonchev–Trinajstić information content (AvgIpc) is 3.33. The number of fused-ring (bicyclic) bond motifs is 1. The SMILES string of the molecule is O=C1Cc2ccccc2N(C2CCN(C(=O)c3ccc(-c4cccs4)nc3)CC2)O1. The van der Waals surface area contributed by atoms with Crippen LogP contribution in [0.4, 0.5) is 5.69 Å². The van der Waals surface area contributed by atoms with Crippen LogP contribution in [0.3, 0.4) is 0 Å². The van der Waals surface area contributed by atoms with E-state index in [4.69, 9.17) is 4.84 Å². The lowest BCUT2D eigenvalue weighted by atomic mass is 10.0. The molecule has 0 radical (unpaired) electrons. The minimum atomic E-state index is -0.232. The average molecular weight is 420 g/mol. The summed E-state index contributed by atoms with van der Waals surface area (Å²) in [5.41, 5.74) is 3.42. The molecule has 7 heteroatoms. The first-order valence-electron chi connectivity index (χ1n) is 10.1. The van der Waals surface area contributed by atoms with Crippen molar-refractivity contribution in [1.29, 1.82) is 0 Å². The molecule has 3 aromatic rings. The van der Waals surface area contributed by atoms with Crippen molar-refractivity contribution in [2.24, 2.45) is 0 Å². The van der Waals surface area contributed by atoms with Crippen LogP contribution in [0.1, 0.15) is 28.8 Å². The summed E-state index contributed by atoms with van der Waals surface area (Å²) < 4.78 is 0. The Morgan fingerprint density at radius 3 is 2.63 bits per heavy atom. The Morgan fingerprint density at radius 1 is 1.07 bits per heavy atom. The van der Waals surface area contributed by atoms with Crippen LogP contribution in [0.15, 0.2) is 60.1 Å². The van der Waals surface area contributed by atoms with Crippen molar-refractivity contribution in [3.63, 3.8) is 0 Å². The standard InChI is InChI=1S/C23H21N3O3S/c27-22-14-16-4-1-2-5-20(16)26(29-22)18-9-11-25(12-10-18)23(28)17-7-8-19(24-15-17)21-6-3-13-30-21/h1-8,13,15,18H,9-12,14H2. The minimum Gasteiger partial charge on any atom is -0.340 e. The molecular weight excluding hydrogens is 398 g/mol. The number of benzene rings is 1. The number of hydrogen-bond donors (Lipinski definition) is 0. The molecule has 0 saturated carbocycles. The van der Waals surface area contributed by atoms with Gasteiger partial charge in [-0.2, -0.15) is 0 Å². The van der Waals surface area contributed by atoms with Crippen LogP contribution in [-0.4, -0.2) is 40.9 Å². The molecule has 1 fully saturated rings. The summed E-state index contributed by atoms with van der Waals surface area (Å²) in [5, 5.41) is 3.76. The molecule has 0 unspecified atom stereocenters. The highest BCUT2D eigenvalue weighted by atomic mass is 32.1. The van der Waals surface area contributed by atoms with Gasteiger partial charge in [0.1, 0.15) is 0 Å². The topological polar surface area (TPSA) is 62.7 Å². The molecule has 0 bridgehead atoms. The number of carbonyl (C=O) groups excluding carboxylic acids is 2. The second-order valence-electron chi connectivity index (χ2n) is 7.53. The number of hydroxylamine groups is 1. The molecule has 0 N–H and O–H groups in total. The molecule has 5 rings (SSSR count). The minimum absolute atomic E-state index is 0.00489. The Hall–Kier alpha value is -3.19. The van der Waals surface area contributed by atoms with E-state index >= 15 is 0 Å². The molecular formula is C23H21N3O3S. The summed E-state index contributed by atoms with van der Waals surface area (Å²) in [6, 6.07) is 15.7. The van der Waals surface area contributed by atoms with E-state index in [2.05, 4.69) is 4.98 Å². The summed E-state index contributed by atoms with van der Waals surface area (Å²) >= 11 is 1.63. The highest BCUT2D eigenvalue weighted by Gasteiger charge is 2.33. The molecule has 152 valence electrons. The van der Waals surface area contributed by atoms with Crippen molar-refractivity contribution in [1.82, 2.24) is 9.88 Å². The normalized spacial score (nSPS) is 16.9. The van der Waals surface area contributed by atoms with Crippen LogP contribution in [0.25, 0.3) is 10.6 Å². The number of nitrogens with zero attached hydrogens (tertiary/aromatic N) is 3. The highest BCUT2D eigenvalue weighted by Crippen LogP contribution is 2.31. The van der Waals surface area contributed by atoms with Gasteiger partial charge in [0.05, 0.1) is 34.3 Å². The highest BCUT2D eigenvalue weighted by molar-refractivity contribution is 7.13. The van der Waals surface area contributed by atoms with Gasteiger partial charge in [-0.05, 0) is 48.1 Å². The largest absolute Gasteiger partial charge is 0.340 e. The van der Waals surface area contributed by atoms with Gasteiger partial charge in [0.25, 0.3) is 5.91 Å². The Balaban J connectivity index is 1.25. The van der Waals surface area contributed by atoms with Crippen LogP contribution in [0, 0.1) is 0 Å². The number of likely N-dealkylation sites (tertiary alicyclic amines) is 1. The zero-order valence-electron chi connectivity index (χ0n) is 16.4. The smallest absolute Gasteiger partial charge is 0.336 e. The van der Waals surface area contributed by atoms with Crippen molar-refractivity contribution >= 4 is 28.9 Å². The molecule has 6 nitrogen and oxygen atoms in total. The van der Waals surface area contributed by atoms with E-state index < -0.39 is 0 Å². The molecule has 2 aliphatic heterocycles. The third-order valence-electron chi connectivity index (χ3n) is 5.63. The third kappa shape index (κ3) is 3.57. The van der Waals surface area contributed by atoms with Gasteiger partial charge in [-0.15, -0.1) is 11.3 Å². The van der Waals surface area contributed by atoms with Crippen LogP contribution < -0.4 is 5.06 Å². The van der Waals surface area contributed by atoms with Gasteiger partial charge in [-0.1, -0.05) is 24.3 Å². The van der Waals surface area contributed by atoms with Gasteiger partial charge in [0.15, 0.2) is 0 Å². The molecule has 2 aliphatic rings. The van der Waals surface area contributed by atoms with Crippen LogP contribution >= 0.6 is 11.3 Å². The van der Waals surface area contributed by atoms with E-state index in [1.165, 1.54) is 0 Å². The fourth-order valence-electron chi connectivity index (χ4n) is 4.07. The lowest BCUT2D eigenvalue weighted by molar-refractivity contribution is -0.147. The molecule has 30 heavy (non-hydrogen) atoms. The number of anilines is 1. The van der Waals surface area contributed by atoms with Gasteiger partial charge in [-0.3, -0.25) is 9.78 Å². The monoisotopic (exact) mass is 419 g/mol. The number of thiophene rings is 1. The maximum absolute atomic E-state index is 12.9. The van der Waals surface area contributed by atoms with Gasteiger partial charge < -0.3 is 9.74 Å². The number of rotatable bonds is 3. The number of piperidine rings is 1. The molecule has 2 aromatic heterocycles. The number of aromatic nitrogens is 1. The molecule has 0 aliphatic carbocycles. The van der Waals surface area contributed by atoms with Crippen molar-refractivity contribution in [2.45, 2.75) is 25.3 Å². The van der Waals surface area contributed by atoms with Crippen molar-refractivity contribution in [2.75, 3.05) is 18.2 Å². The first kappa shape index (κ1) is 18.8. The predicted octanol–water partition coefficient (Wildman–Crippen LogP) is 3.94. The zero-order valence-corrected chi connectivity index (χ0v) is 17.2. The molecule has 1 amide bonds. The summed E-state index contributed by atoms with van der Waals surface area (Å²) in [4.78, 5) is 37.9.